The van der Waals surface area contributed by atoms with E-state index in [1.54, 1.807) is 61.4 Å². The lowest BCUT2D eigenvalue weighted by Crippen LogP contribution is -2.28. The lowest BCUT2D eigenvalue weighted by molar-refractivity contribution is -0.125. The first kappa shape index (κ1) is 18.4. The zero-order chi connectivity index (χ0) is 18.2. The number of esters is 1. The normalized spacial score (nSPS) is 11.6. The molecular weight excluding hydrogens is 322 g/mol. The number of nitrogens with one attached hydrogen (secondary N) is 1. The SMILES string of the molecule is C=CCO[C@H](C)C(=O)Nc1cc(C(=O)OCC)ccc1-n1ccnc1. The summed E-state index contributed by atoms with van der Waals surface area (Å²) in [7, 11) is 0. The fourth-order valence-corrected chi connectivity index (χ4v) is 2.13. The largest absolute Gasteiger partial charge is 0.462 e. The van der Waals surface area contributed by atoms with E-state index in [4.69, 9.17) is 9.47 Å². The van der Waals surface area contributed by atoms with Gasteiger partial charge >= 0.3 is 5.97 Å². The Hall–Kier alpha value is -2.93. The summed E-state index contributed by atoms with van der Waals surface area (Å²) in [6.45, 7) is 7.48. The molecule has 0 saturated carbocycles. The van der Waals surface area contributed by atoms with E-state index in [-0.39, 0.29) is 19.1 Å². The number of nitrogens with zero attached hydrogens (tertiary/aromatic N) is 2. The molecular formula is C18H21N3O4. The van der Waals surface area contributed by atoms with Gasteiger partial charge in [-0.2, -0.15) is 0 Å². The Kier molecular flexibility index (Phi) is 6.47. The second kappa shape index (κ2) is 8.79. The van der Waals surface area contributed by atoms with E-state index < -0.39 is 12.1 Å². The summed E-state index contributed by atoms with van der Waals surface area (Å²) in [5.41, 5.74) is 1.48. The number of hydrogen-bond acceptors (Lipinski definition) is 5. The number of amides is 1. The number of rotatable bonds is 8. The topological polar surface area (TPSA) is 82.5 Å². The van der Waals surface area contributed by atoms with Gasteiger partial charge in [-0.1, -0.05) is 6.08 Å². The third-order valence-electron chi connectivity index (χ3n) is 3.38. The predicted octanol–water partition coefficient (Wildman–Crippen LogP) is 2.58. The van der Waals surface area contributed by atoms with Gasteiger partial charge in [0, 0.05) is 12.4 Å². The van der Waals surface area contributed by atoms with Gasteiger partial charge in [0.25, 0.3) is 5.91 Å². The first-order valence-corrected chi connectivity index (χ1v) is 7.89. The van der Waals surface area contributed by atoms with Crippen molar-refractivity contribution in [2.45, 2.75) is 20.0 Å². The smallest absolute Gasteiger partial charge is 0.338 e. The van der Waals surface area contributed by atoms with Crippen molar-refractivity contribution in [2.75, 3.05) is 18.5 Å². The van der Waals surface area contributed by atoms with Crippen LogP contribution in [0.5, 0.6) is 0 Å². The minimum Gasteiger partial charge on any atom is -0.462 e. The number of ether oxygens (including phenoxy) is 2. The third kappa shape index (κ3) is 4.77. The van der Waals surface area contributed by atoms with Crippen LogP contribution in [0.4, 0.5) is 5.69 Å². The van der Waals surface area contributed by atoms with Crippen molar-refractivity contribution in [2.24, 2.45) is 0 Å². The molecule has 0 fully saturated rings. The maximum absolute atomic E-state index is 12.3. The predicted molar refractivity (Wildman–Crippen MR) is 93.8 cm³/mol. The minimum atomic E-state index is -0.667. The number of benzene rings is 1. The minimum absolute atomic E-state index is 0.270. The second-order valence-electron chi connectivity index (χ2n) is 5.18. The summed E-state index contributed by atoms with van der Waals surface area (Å²) in [6.07, 6.45) is 5.88. The van der Waals surface area contributed by atoms with Crippen LogP contribution in [-0.2, 0) is 14.3 Å². The molecule has 1 aromatic carbocycles. The molecule has 132 valence electrons. The van der Waals surface area contributed by atoms with Gasteiger partial charge in [-0.15, -0.1) is 6.58 Å². The molecule has 7 heteroatoms. The highest BCUT2D eigenvalue weighted by molar-refractivity contribution is 5.98. The van der Waals surface area contributed by atoms with Crippen LogP contribution in [0, 0.1) is 0 Å². The molecule has 1 aromatic heterocycles. The molecule has 0 aliphatic heterocycles. The van der Waals surface area contributed by atoms with Gasteiger partial charge in [0.1, 0.15) is 6.10 Å². The number of hydrogen-bond donors (Lipinski definition) is 1. The Morgan fingerprint density at radius 2 is 2.24 bits per heavy atom. The summed E-state index contributed by atoms with van der Waals surface area (Å²) in [5, 5.41) is 2.79. The summed E-state index contributed by atoms with van der Waals surface area (Å²) in [6, 6.07) is 4.94. The maximum atomic E-state index is 12.3. The van der Waals surface area contributed by atoms with Crippen molar-refractivity contribution in [3.05, 3.63) is 55.1 Å². The lowest BCUT2D eigenvalue weighted by Gasteiger charge is -2.16. The molecule has 0 spiro atoms. The number of carbonyl (C=O) groups excluding carboxylic acids is 2. The van der Waals surface area contributed by atoms with Crippen molar-refractivity contribution in [3.63, 3.8) is 0 Å². The Morgan fingerprint density at radius 1 is 1.44 bits per heavy atom. The molecule has 0 bridgehead atoms. The van der Waals surface area contributed by atoms with E-state index in [2.05, 4.69) is 16.9 Å². The van der Waals surface area contributed by atoms with Crippen LogP contribution < -0.4 is 5.32 Å². The third-order valence-corrected chi connectivity index (χ3v) is 3.38. The molecule has 7 nitrogen and oxygen atoms in total. The van der Waals surface area contributed by atoms with Crippen LogP contribution in [0.15, 0.2) is 49.6 Å². The van der Waals surface area contributed by atoms with Crippen molar-refractivity contribution in [1.82, 2.24) is 9.55 Å². The molecule has 1 amide bonds. The van der Waals surface area contributed by atoms with Gasteiger partial charge in [0.05, 0.1) is 36.5 Å². The van der Waals surface area contributed by atoms with Gasteiger partial charge in [-0.05, 0) is 32.0 Å². The first-order valence-electron chi connectivity index (χ1n) is 7.89. The molecule has 0 unspecified atom stereocenters. The maximum Gasteiger partial charge on any atom is 0.338 e. The van der Waals surface area contributed by atoms with Gasteiger partial charge in [-0.25, -0.2) is 9.78 Å². The summed E-state index contributed by atoms with van der Waals surface area (Å²) < 4.78 is 12.1. The van der Waals surface area contributed by atoms with Crippen molar-refractivity contribution >= 4 is 17.6 Å². The molecule has 1 atom stereocenters. The zero-order valence-corrected chi connectivity index (χ0v) is 14.3. The van der Waals surface area contributed by atoms with Crippen molar-refractivity contribution < 1.29 is 19.1 Å². The van der Waals surface area contributed by atoms with E-state index in [1.807, 2.05) is 0 Å². The van der Waals surface area contributed by atoms with Crippen LogP contribution in [0.3, 0.4) is 0 Å². The fourth-order valence-electron chi connectivity index (χ4n) is 2.13. The monoisotopic (exact) mass is 343 g/mol. The van der Waals surface area contributed by atoms with E-state index >= 15 is 0 Å². The molecule has 25 heavy (non-hydrogen) atoms. The quantitative estimate of drug-likeness (QED) is 0.588. The van der Waals surface area contributed by atoms with E-state index in [0.29, 0.717) is 16.9 Å². The first-order chi connectivity index (χ1) is 12.1. The number of anilines is 1. The highest BCUT2D eigenvalue weighted by atomic mass is 16.5. The highest BCUT2D eigenvalue weighted by Gasteiger charge is 2.17. The summed E-state index contributed by atoms with van der Waals surface area (Å²) in [5.74, 6) is -0.782. The zero-order valence-electron chi connectivity index (χ0n) is 14.3. The van der Waals surface area contributed by atoms with Crippen LogP contribution in [0.1, 0.15) is 24.2 Å². The Morgan fingerprint density at radius 3 is 2.88 bits per heavy atom. The average molecular weight is 343 g/mol. The van der Waals surface area contributed by atoms with E-state index in [1.165, 1.54) is 0 Å². The molecule has 1 N–H and O–H groups in total. The lowest BCUT2D eigenvalue weighted by atomic mass is 10.1. The molecule has 0 aliphatic carbocycles. The summed E-state index contributed by atoms with van der Waals surface area (Å²) >= 11 is 0. The molecule has 1 heterocycles. The van der Waals surface area contributed by atoms with Crippen LogP contribution in [0.25, 0.3) is 5.69 Å². The van der Waals surface area contributed by atoms with Crippen LogP contribution >= 0.6 is 0 Å². The van der Waals surface area contributed by atoms with Crippen LogP contribution in [0.2, 0.25) is 0 Å². The molecule has 0 aliphatic rings. The van der Waals surface area contributed by atoms with E-state index in [9.17, 15) is 9.59 Å². The summed E-state index contributed by atoms with van der Waals surface area (Å²) in [4.78, 5) is 28.3. The van der Waals surface area contributed by atoms with Gasteiger partial charge < -0.3 is 19.4 Å². The highest BCUT2D eigenvalue weighted by Crippen LogP contribution is 2.23. The Labute approximate surface area is 146 Å². The number of imidazole rings is 1. The molecule has 0 radical (unpaired) electrons. The molecule has 0 saturated heterocycles. The fraction of sp³-hybridized carbons (Fsp3) is 0.278. The Bertz CT molecular complexity index is 741. The standard InChI is InChI=1S/C18H21N3O4/c1-4-10-25-13(3)17(22)20-15-11-14(18(23)24-5-2)6-7-16(15)21-9-8-19-12-21/h4,6-9,11-13H,1,5,10H2,2-3H3,(H,20,22)/t13-/m1/s1. The van der Waals surface area contributed by atoms with Gasteiger partial charge in [0.15, 0.2) is 0 Å². The second-order valence-corrected chi connectivity index (χ2v) is 5.18. The van der Waals surface area contributed by atoms with E-state index in [0.717, 1.165) is 0 Å². The van der Waals surface area contributed by atoms with Crippen molar-refractivity contribution in [3.8, 4) is 5.69 Å². The van der Waals surface area contributed by atoms with Gasteiger partial charge in [0.2, 0.25) is 0 Å². The number of aromatic nitrogens is 2. The van der Waals surface area contributed by atoms with Crippen molar-refractivity contribution in [1.29, 1.82) is 0 Å². The average Bonchev–Trinajstić information content (AvgIpc) is 3.14. The van der Waals surface area contributed by atoms with Crippen LogP contribution in [-0.4, -0.2) is 40.7 Å². The number of carbonyl (C=O) groups is 2. The Balaban J connectivity index is 2.31. The molecule has 2 aromatic rings. The van der Waals surface area contributed by atoms with Gasteiger partial charge in [-0.3, -0.25) is 4.79 Å². The molecule has 2 rings (SSSR count).